The summed E-state index contributed by atoms with van der Waals surface area (Å²) in [7, 11) is 0. The van der Waals surface area contributed by atoms with Crippen molar-refractivity contribution in [1.82, 2.24) is 4.98 Å². The summed E-state index contributed by atoms with van der Waals surface area (Å²) < 4.78 is 40.6. The maximum absolute atomic E-state index is 12.6. The van der Waals surface area contributed by atoms with Gasteiger partial charge in [-0.3, -0.25) is 9.78 Å². The van der Waals surface area contributed by atoms with E-state index in [0.717, 1.165) is 0 Å². The van der Waals surface area contributed by atoms with Gasteiger partial charge in [0.15, 0.2) is 11.5 Å². The molecule has 10 heteroatoms. The van der Waals surface area contributed by atoms with E-state index in [2.05, 4.69) is 15.0 Å². The van der Waals surface area contributed by atoms with E-state index in [4.69, 9.17) is 32.7 Å². The molecule has 3 rings (SSSR count). The summed E-state index contributed by atoms with van der Waals surface area (Å²) in [4.78, 5) is 16.3. The highest BCUT2D eigenvalue weighted by atomic mass is 35.5. The topological polar surface area (TPSA) is 69.7 Å². The minimum atomic E-state index is -3.03. The van der Waals surface area contributed by atoms with Crippen LogP contribution < -0.4 is 14.8 Å². The zero-order chi connectivity index (χ0) is 19.4. The Bertz CT molecular complexity index is 812. The Morgan fingerprint density at radius 2 is 2.00 bits per heavy atom. The average molecular weight is 419 g/mol. The molecule has 1 fully saturated rings. The fourth-order valence-electron chi connectivity index (χ4n) is 2.44. The predicted molar refractivity (Wildman–Crippen MR) is 95.1 cm³/mol. The molecule has 27 heavy (non-hydrogen) atoms. The normalized spacial score (nSPS) is 16.4. The molecule has 0 radical (unpaired) electrons. The first-order valence-corrected chi connectivity index (χ1v) is 8.63. The van der Waals surface area contributed by atoms with Crippen LogP contribution in [0.2, 0.25) is 10.0 Å². The number of aromatic nitrogens is 1. The van der Waals surface area contributed by atoms with Crippen LogP contribution in [0, 0.1) is 0 Å². The summed E-state index contributed by atoms with van der Waals surface area (Å²) in [6.45, 7) is -2.19. The molecular weight excluding hydrogens is 405 g/mol. The van der Waals surface area contributed by atoms with Gasteiger partial charge in [-0.15, -0.1) is 0 Å². The first kappa shape index (κ1) is 19.6. The number of hydrogen-bond donors (Lipinski definition) is 1. The lowest BCUT2D eigenvalue weighted by molar-refractivity contribution is -0.0521. The van der Waals surface area contributed by atoms with Crippen LogP contribution in [0.5, 0.6) is 11.5 Å². The van der Waals surface area contributed by atoms with E-state index in [1.54, 1.807) is 0 Å². The van der Waals surface area contributed by atoms with E-state index in [0.29, 0.717) is 19.6 Å². The second-order valence-electron chi connectivity index (χ2n) is 5.58. The minimum absolute atomic E-state index is 0.0189. The molecule has 0 saturated carbocycles. The zero-order valence-electron chi connectivity index (χ0n) is 13.8. The number of benzene rings is 1. The van der Waals surface area contributed by atoms with Crippen molar-refractivity contribution < 1.29 is 27.8 Å². The second-order valence-corrected chi connectivity index (χ2v) is 6.39. The van der Waals surface area contributed by atoms with Crippen molar-refractivity contribution in [3.63, 3.8) is 0 Å². The summed E-state index contributed by atoms with van der Waals surface area (Å²) in [5, 5.41) is 2.88. The molecule has 1 aromatic carbocycles. The van der Waals surface area contributed by atoms with Gasteiger partial charge in [-0.25, -0.2) is 0 Å². The predicted octanol–water partition coefficient (Wildman–Crippen LogP) is 4.41. The van der Waals surface area contributed by atoms with Crippen LogP contribution in [0.3, 0.4) is 0 Å². The lowest BCUT2D eigenvalue weighted by Gasteiger charge is -2.17. The maximum atomic E-state index is 12.6. The zero-order valence-corrected chi connectivity index (χ0v) is 15.3. The Morgan fingerprint density at radius 3 is 2.63 bits per heavy atom. The van der Waals surface area contributed by atoms with Crippen molar-refractivity contribution in [1.29, 1.82) is 0 Å². The Hall–Kier alpha value is -2.16. The maximum Gasteiger partial charge on any atom is 0.387 e. The third kappa shape index (κ3) is 4.97. The molecule has 0 bridgehead atoms. The average Bonchev–Trinajstić information content (AvgIpc) is 3.12. The molecule has 2 aromatic rings. The SMILES string of the molecule is O=C(Nc1c(Cl)cncc1Cl)c1ccc(OC(F)F)c(O[C@@H]2CCOC2)c1. The Kier molecular flexibility index (Phi) is 6.30. The number of amides is 1. The molecule has 6 nitrogen and oxygen atoms in total. The van der Waals surface area contributed by atoms with Crippen molar-refractivity contribution in [3.05, 3.63) is 46.2 Å². The van der Waals surface area contributed by atoms with Crippen molar-refractivity contribution in [3.8, 4) is 11.5 Å². The van der Waals surface area contributed by atoms with E-state index < -0.39 is 12.5 Å². The number of hydrogen-bond acceptors (Lipinski definition) is 5. The van der Waals surface area contributed by atoms with Crippen LogP contribution in [-0.2, 0) is 4.74 Å². The molecule has 2 heterocycles. The molecule has 0 spiro atoms. The Morgan fingerprint density at radius 1 is 1.26 bits per heavy atom. The summed E-state index contributed by atoms with van der Waals surface area (Å²) in [6, 6.07) is 3.88. The van der Waals surface area contributed by atoms with E-state index >= 15 is 0 Å². The van der Waals surface area contributed by atoms with E-state index in [1.807, 2.05) is 0 Å². The number of anilines is 1. The number of carbonyl (C=O) groups excluding carboxylic acids is 1. The van der Waals surface area contributed by atoms with Gasteiger partial charge in [0.25, 0.3) is 5.91 Å². The summed E-state index contributed by atoms with van der Waals surface area (Å²) in [6.07, 6.45) is 2.95. The molecule has 0 unspecified atom stereocenters. The molecule has 1 atom stereocenters. The van der Waals surface area contributed by atoms with Gasteiger partial charge in [0, 0.05) is 24.4 Å². The molecule has 144 valence electrons. The molecule has 1 saturated heterocycles. The van der Waals surface area contributed by atoms with E-state index in [9.17, 15) is 13.6 Å². The molecular formula is C17H14Cl2F2N2O4. The minimum Gasteiger partial charge on any atom is -0.484 e. The van der Waals surface area contributed by atoms with Crippen LogP contribution >= 0.6 is 23.2 Å². The molecule has 1 aliphatic rings. The van der Waals surface area contributed by atoms with Gasteiger partial charge < -0.3 is 19.5 Å². The van der Waals surface area contributed by atoms with Crippen molar-refractivity contribution >= 4 is 34.8 Å². The lowest BCUT2D eigenvalue weighted by Crippen LogP contribution is -2.18. The fraction of sp³-hybridized carbons (Fsp3) is 0.294. The van der Waals surface area contributed by atoms with Crippen LogP contribution in [0.25, 0.3) is 0 Å². The van der Waals surface area contributed by atoms with Gasteiger partial charge in [-0.05, 0) is 18.2 Å². The number of rotatable bonds is 6. The van der Waals surface area contributed by atoms with Crippen molar-refractivity contribution in [2.24, 2.45) is 0 Å². The number of nitrogens with zero attached hydrogens (tertiary/aromatic N) is 1. The summed E-state index contributed by atoms with van der Waals surface area (Å²) >= 11 is 12.0. The third-order valence-corrected chi connectivity index (χ3v) is 4.27. The highest BCUT2D eigenvalue weighted by Gasteiger charge is 2.22. The quantitative estimate of drug-likeness (QED) is 0.752. The molecule has 1 N–H and O–H groups in total. The number of ether oxygens (including phenoxy) is 3. The monoisotopic (exact) mass is 418 g/mol. The molecule has 0 aliphatic carbocycles. The van der Waals surface area contributed by atoms with Crippen molar-refractivity contribution in [2.75, 3.05) is 18.5 Å². The Balaban J connectivity index is 1.84. The number of carbonyl (C=O) groups is 1. The summed E-state index contributed by atoms with van der Waals surface area (Å²) in [5.41, 5.74) is 0.340. The first-order valence-electron chi connectivity index (χ1n) is 7.87. The summed E-state index contributed by atoms with van der Waals surface area (Å²) in [5.74, 6) is -0.708. The number of alkyl halides is 2. The van der Waals surface area contributed by atoms with Gasteiger partial charge in [0.05, 0.1) is 28.9 Å². The first-order chi connectivity index (χ1) is 12.9. The highest BCUT2D eigenvalue weighted by molar-refractivity contribution is 6.39. The number of pyridine rings is 1. The Labute approximate surface area is 163 Å². The molecule has 1 aliphatic heterocycles. The number of nitrogens with one attached hydrogen (secondary N) is 1. The van der Waals surface area contributed by atoms with Crippen molar-refractivity contribution in [2.45, 2.75) is 19.1 Å². The smallest absolute Gasteiger partial charge is 0.387 e. The van der Waals surface area contributed by atoms with E-state index in [-0.39, 0.29) is 38.9 Å². The molecule has 1 aromatic heterocycles. The standard InChI is InChI=1S/C17H14Cl2F2N2O4/c18-11-6-22-7-12(19)15(11)23-16(24)9-1-2-13(27-17(20)21)14(5-9)26-10-3-4-25-8-10/h1-2,5-7,10,17H,3-4,8H2,(H,22,23,24)/t10-/m1/s1. The van der Waals surface area contributed by atoms with Gasteiger partial charge in [-0.1, -0.05) is 23.2 Å². The molecule has 1 amide bonds. The largest absolute Gasteiger partial charge is 0.484 e. The second kappa shape index (κ2) is 8.69. The third-order valence-electron chi connectivity index (χ3n) is 3.70. The van der Waals surface area contributed by atoms with Crippen LogP contribution in [0.4, 0.5) is 14.5 Å². The number of halogens is 4. The highest BCUT2D eigenvalue weighted by Crippen LogP contribution is 2.33. The fourth-order valence-corrected chi connectivity index (χ4v) is 2.90. The van der Waals surface area contributed by atoms with Crippen LogP contribution in [0.1, 0.15) is 16.8 Å². The van der Waals surface area contributed by atoms with Crippen LogP contribution in [-0.4, -0.2) is 36.8 Å². The lowest BCUT2D eigenvalue weighted by atomic mass is 10.1. The van der Waals surface area contributed by atoms with Gasteiger partial charge in [-0.2, -0.15) is 8.78 Å². The van der Waals surface area contributed by atoms with E-state index in [1.165, 1.54) is 30.6 Å². The van der Waals surface area contributed by atoms with Crippen LogP contribution in [0.15, 0.2) is 30.6 Å². The van der Waals surface area contributed by atoms with Gasteiger partial charge >= 0.3 is 6.61 Å². The van der Waals surface area contributed by atoms with Gasteiger partial charge in [0.2, 0.25) is 0 Å². The van der Waals surface area contributed by atoms with Gasteiger partial charge in [0.1, 0.15) is 6.10 Å².